The Bertz CT molecular complexity index is 764. The number of aliphatic hydroxyl groups is 1. The second-order valence-corrected chi connectivity index (χ2v) is 8.90. The van der Waals surface area contributed by atoms with Crippen LogP contribution < -0.4 is 5.32 Å². The van der Waals surface area contributed by atoms with E-state index in [0.29, 0.717) is 25.9 Å². The molecule has 2 aliphatic rings. The second kappa shape index (κ2) is 7.31. The van der Waals surface area contributed by atoms with E-state index in [4.69, 9.17) is 4.74 Å². The number of aliphatic hydroxyl groups excluding tert-OH is 1. The quantitative estimate of drug-likeness (QED) is 0.819. The lowest BCUT2D eigenvalue weighted by atomic mass is 9.62. The fraction of sp³-hybridized carbons (Fsp3) is 0.600. The number of alkyl carbamates (subject to hydrolysis) is 1. The Morgan fingerprint density at radius 2 is 1.96 bits per heavy atom. The molecule has 1 aliphatic carbocycles. The third-order valence-corrected chi connectivity index (χ3v) is 5.13. The van der Waals surface area contributed by atoms with E-state index >= 15 is 0 Å². The van der Waals surface area contributed by atoms with Crippen molar-refractivity contribution < 1.29 is 28.2 Å². The largest absolute Gasteiger partial charge is 0.444 e. The first kappa shape index (κ1) is 20.5. The van der Waals surface area contributed by atoms with Crippen molar-refractivity contribution in [1.82, 2.24) is 10.2 Å². The third-order valence-electron chi connectivity index (χ3n) is 5.13. The first-order chi connectivity index (χ1) is 13.0. The van der Waals surface area contributed by atoms with Gasteiger partial charge in [0, 0.05) is 31.0 Å². The minimum atomic E-state index is -1.03. The van der Waals surface area contributed by atoms with Crippen LogP contribution in [0.4, 0.5) is 13.6 Å². The van der Waals surface area contributed by atoms with Gasteiger partial charge in [-0.1, -0.05) is 6.07 Å². The number of benzene rings is 1. The number of carbonyl (C=O) groups excluding carboxylic acids is 2. The number of hydrogen-bond acceptors (Lipinski definition) is 4. The number of hydrogen-bond donors (Lipinski definition) is 2. The molecule has 1 unspecified atom stereocenters. The van der Waals surface area contributed by atoms with Crippen molar-refractivity contribution in [1.29, 1.82) is 0 Å². The van der Waals surface area contributed by atoms with Gasteiger partial charge in [-0.25, -0.2) is 13.6 Å². The second-order valence-electron chi connectivity index (χ2n) is 8.90. The molecule has 6 nitrogen and oxygen atoms in total. The van der Waals surface area contributed by atoms with Gasteiger partial charge in [0.05, 0.1) is 6.10 Å². The minimum Gasteiger partial charge on any atom is -0.444 e. The lowest BCUT2D eigenvalue weighted by Crippen LogP contribution is -2.67. The average Bonchev–Trinajstić information content (AvgIpc) is 2.48. The zero-order chi connectivity index (χ0) is 20.7. The van der Waals surface area contributed by atoms with Crippen LogP contribution in [-0.4, -0.2) is 52.8 Å². The molecule has 1 heterocycles. The molecule has 1 saturated carbocycles. The molecular weight excluding hydrogens is 370 g/mol. The van der Waals surface area contributed by atoms with Crippen molar-refractivity contribution in [3.05, 3.63) is 35.4 Å². The Balaban J connectivity index is 1.70. The van der Waals surface area contributed by atoms with Crippen molar-refractivity contribution in [2.75, 3.05) is 13.1 Å². The number of ether oxygens (including phenoxy) is 1. The predicted octanol–water partition coefficient (Wildman–Crippen LogP) is 2.38. The van der Waals surface area contributed by atoms with Crippen LogP contribution in [0.2, 0.25) is 0 Å². The number of amides is 2. The third kappa shape index (κ3) is 4.60. The Labute approximate surface area is 162 Å². The summed E-state index contributed by atoms with van der Waals surface area (Å²) in [6.07, 6.45) is 0.112. The van der Waals surface area contributed by atoms with Crippen LogP contribution in [-0.2, 0) is 16.0 Å². The highest BCUT2D eigenvalue weighted by Crippen LogP contribution is 2.48. The fourth-order valence-electron chi connectivity index (χ4n) is 3.89. The first-order valence-corrected chi connectivity index (χ1v) is 9.37. The van der Waals surface area contributed by atoms with Crippen LogP contribution in [0.1, 0.15) is 39.2 Å². The zero-order valence-corrected chi connectivity index (χ0v) is 16.3. The van der Waals surface area contributed by atoms with Gasteiger partial charge >= 0.3 is 6.09 Å². The van der Waals surface area contributed by atoms with Crippen LogP contribution in [0.25, 0.3) is 0 Å². The molecule has 2 fully saturated rings. The standard InChI is InChI=1S/C20H26F2N2O4/c1-19(2,3)28-18(27)23-16(6-12-4-5-13(21)7-15(12)22)17(26)24-10-20(11-24)8-14(25)9-20/h4-5,7,14,16,25H,6,8-11H2,1-3H3,(H,23,27). The van der Waals surface area contributed by atoms with E-state index in [-0.39, 0.29) is 29.4 Å². The number of nitrogens with one attached hydrogen (secondary N) is 1. The van der Waals surface area contributed by atoms with Gasteiger partial charge in [0.15, 0.2) is 0 Å². The number of halogens is 2. The van der Waals surface area contributed by atoms with Gasteiger partial charge in [-0.05, 0) is 45.2 Å². The van der Waals surface area contributed by atoms with Gasteiger partial charge < -0.3 is 20.1 Å². The van der Waals surface area contributed by atoms with Gasteiger partial charge in [0.1, 0.15) is 23.3 Å². The fourth-order valence-corrected chi connectivity index (χ4v) is 3.89. The van der Waals surface area contributed by atoms with Crippen molar-refractivity contribution in [3.63, 3.8) is 0 Å². The van der Waals surface area contributed by atoms with Crippen LogP contribution in [0, 0.1) is 17.0 Å². The molecule has 1 aliphatic heterocycles. The summed E-state index contributed by atoms with van der Waals surface area (Å²) in [4.78, 5) is 26.7. The Morgan fingerprint density at radius 3 is 2.50 bits per heavy atom. The molecule has 1 aromatic rings. The number of carbonyl (C=O) groups is 2. The molecule has 2 amide bonds. The molecule has 8 heteroatoms. The summed E-state index contributed by atoms with van der Waals surface area (Å²) in [7, 11) is 0. The van der Waals surface area contributed by atoms with E-state index < -0.39 is 29.4 Å². The zero-order valence-electron chi connectivity index (χ0n) is 16.3. The van der Waals surface area contributed by atoms with Crippen LogP contribution in [0.3, 0.4) is 0 Å². The molecule has 1 aromatic carbocycles. The van der Waals surface area contributed by atoms with Gasteiger partial charge in [-0.2, -0.15) is 0 Å². The van der Waals surface area contributed by atoms with Gasteiger partial charge in [0.2, 0.25) is 5.91 Å². The van der Waals surface area contributed by atoms with E-state index in [1.807, 2.05) is 0 Å². The predicted molar refractivity (Wildman–Crippen MR) is 97.5 cm³/mol. The van der Waals surface area contributed by atoms with Crippen molar-refractivity contribution in [2.45, 2.75) is 57.8 Å². The Kier molecular flexibility index (Phi) is 5.36. The molecule has 0 aromatic heterocycles. The van der Waals surface area contributed by atoms with E-state index in [1.165, 1.54) is 6.07 Å². The van der Waals surface area contributed by atoms with Crippen LogP contribution in [0.15, 0.2) is 18.2 Å². The molecule has 1 spiro atoms. The molecule has 1 saturated heterocycles. The van der Waals surface area contributed by atoms with Crippen molar-refractivity contribution in [2.24, 2.45) is 5.41 Å². The monoisotopic (exact) mass is 396 g/mol. The highest BCUT2D eigenvalue weighted by atomic mass is 19.1. The van der Waals surface area contributed by atoms with Crippen molar-refractivity contribution >= 4 is 12.0 Å². The smallest absolute Gasteiger partial charge is 0.408 e. The molecule has 28 heavy (non-hydrogen) atoms. The summed E-state index contributed by atoms with van der Waals surface area (Å²) < 4.78 is 32.5. The van der Waals surface area contributed by atoms with Crippen LogP contribution >= 0.6 is 0 Å². The van der Waals surface area contributed by atoms with Gasteiger partial charge in [-0.3, -0.25) is 4.79 Å². The molecule has 1 atom stereocenters. The maximum atomic E-state index is 14.1. The Morgan fingerprint density at radius 1 is 1.32 bits per heavy atom. The summed E-state index contributed by atoms with van der Waals surface area (Å²) in [5.74, 6) is -1.83. The lowest BCUT2D eigenvalue weighted by Gasteiger charge is -2.58. The van der Waals surface area contributed by atoms with Gasteiger partial charge in [-0.15, -0.1) is 0 Å². The lowest BCUT2D eigenvalue weighted by molar-refractivity contribution is -0.164. The number of likely N-dealkylation sites (tertiary alicyclic amines) is 1. The van der Waals surface area contributed by atoms with Crippen molar-refractivity contribution in [3.8, 4) is 0 Å². The van der Waals surface area contributed by atoms with E-state index in [9.17, 15) is 23.5 Å². The molecule has 2 N–H and O–H groups in total. The summed E-state index contributed by atoms with van der Waals surface area (Å²) in [6, 6.07) is 2.10. The van der Waals surface area contributed by atoms with E-state index in [2.05, 4.69) is 5.32 Å². The maximum absolute atomic E-state index is 14.1. The summed E-state index contributed by atoms with van der Waals surface area (Å²) in [5.41, 5.74) is -0.654. The first-order valence-electron chi connectivity index (χ1n) is 9.37. The number of nitrogens with zero attached hydrogens (tertiary/aromatic N) is 1. The minimum absolute atomic E-state index is 0.0350. The normalized spacial score (nSPS) is 19.6. The molecule has 3 rings (SSSR count). The van der Waals surface area contributed by atoms with E-state index in [1.54, 1.807) is 25.7 Å². The SMILES string of the molecule is CC(C)(C)OC(=O)NC(Cc1ccc(F)cc1F)C(=O)N1CC2(CC(O)C2)C1. The van der Waals surface area contributed by atoms with E-state index in [0.717, 1.165) is 12.1 Å². The highest BCUT2D eigenvalue weighted by Gasteiger charge is 2.54. The summed E-state index contributed by atoms with van der Waals surface area (Å²) in [6.45, 7) is 6.10. The summed E-state index contributed by atoms with van der Waals surface area (Å²) >= 11 is 0. The topological polar surface area (TPSA) is 78.9 Å². The maximum Gasteiger partial charge on any atom is 0.408 e. The molecule has 0 bridgehead atoms. The summed E-state index contributed by atoms with van der Waals surface area (Å²) in [5, 5.41) is 12.0. The molecular formula is C20H26F2N2O4. The highest BCUT2D eigenvalue weighted by molar-refractivity contribution is 5.86. The number of rotatable bonds is 4. The Hall–Kier alpha value is -2.22. The molecule has 0 radical (unpaired) electrons. The van der Waals surface area contributed by atoms with Gasteiger partial charge in [0.25, 0.3) is 0 Å². The average molecular weight is 396 g/mol. The van der Waals surface area contributed by atoms with Crippen LogP contribution in [0.5, 0.6) is 0 Å². The molecule has 154 valence electrons.